The van der Waals surface area contributed by atoms with Gasteiger partial charge in [-0.15, -0.1) is 0 Å². The number of carbonyl (C=O) groups excluding carboxylic acids is 1. The lowest BCUT2D eigenvalue weighted by molar-refractivity contribution is 0.0599. The zero-order chi connectivity index (χ0) is 19.8. The van der Waals surface area contributed by atoms with Crippen molar-refractivity contribution in [3.63, 3.8) is 0 Å². The zero-order valence-corrected chi connectivity index (χ0v) is 16.8. The Bertz CT molecular complexity index is 1100. The molecule has 0 saturated carbocycles. The predicted molar refractivity (Wildman–Crippen MR) is 99.2 cm³/mol. The van der Waals surface area contributed by atoms with E-state index in [1.54, 1.807) is 19.1 Å². The Balaban J connectivity index is 1.79. The summed E-state index contributed by atoms with van der Waals surface area (Å²) in [5.41, 5.74) is 1.32. The highest BCUT2D eigenvalue weighted by Crippen LogP contribution is 2.29. The highest BCUT2D eigenvalue weighted by atomic mass is 32.2. The number of hydrogen-bond donors (Lipinski definition) is 0. The molecule has 8 nitrogen and oxygen atoms in total. The molecule has 0 bridgehead atoms. The van der Waals surface area contributed by atoms with Gasteiger partial charge >= 0.3 is 5.97 Å². The zero-order valence-electron chi connectivity index (χ0n) is 15.2. The molecule has 0 atom stereocenters. The number of thioether (sulfide) groups is 1. The molecular formula is C17H18N2O6S2. The minimum absolute atomic E-state index is 0.147. The summed E-state index contributed by atoms with van der Waals surface area (Å²) in [5.74, 6) is 1.00. The van der Waals surface area contributed by atoms with Crippen molar-refractivity contribution in [1.82, 2.24) is 9.29 Å². The summed E-state index contributed by atoms with van der Waals surface area (Å²) in [7, 11) is 0.710. The van der Waals surface area contributed by atoms with Crippen molar-refractivity contribution in [2.75, 3.05) is 21.2 Å². The van der Waals surface area contributed by atoms with Crippen LogP contribution in [0.4, 0.5) is 0 Å². The lowest BCUT2D eigenvalue weighted by atomic mass is 10.2. The van der Waals surface area contributed by atoms with Gasteiger partial charge < -0.3 is 13.6 Å². The molecule has 0 amide bonds. The van der Waals surface area contributed by atoms with Crippen molar-refractivity contribution in [2.24, 2.45) is 0 Å². The molecule has 0 aliphatic heterocycles. The quantitative estimate of drug-likeness (QED) is 0.451. The van der Waals surface area contributed by atoms with E-state index in [1.165, 1.54) is 45.1 Å². The van der Waals surface area contributed by atoms with Gasteiger partial charge in [0.05, 0.1) is 17.8 Å². The second-order valence-electron chi connectivity index (χ2n) is 5.86. The van der Waals surface area contributed by atoms with Gasteiger partial charge in [-0.25, -0.2) is 22.5 Å². The van der Waals surface area contributed by atoms with Crippen molar-refractivity contribution in [2.45, 2.75) is 22.8 Å². The Morgan fingerprint density at radius 3 is 2.67 bits per heavy atom. The lowest BCUT2D eigenvalue weighted by Gasteiger charge is -2.10. The third-order valence-corrected chi connectivity index (χ3v) is 6.49. The molecule has 0 fully saturated rings. The van der Waals surface area contributed by atoms with Gasteiger partial charge in [0.2, 0.25) is 10.0 Å². The highest BCUT2D eigenvalue weighted by Gasteiger charge is 2.20. The molecule has 0 aliphatic rings. The van der Waals surface area contributed by atoms with Crippen LogP contribution in [0.15, 0.2) is 43.2 Å². The van der Waals surface area contributed by atoms with E-state index in [0.29, 0.717) is 39.2 Å². The molecule has 0 aliphatic carbocycles. The number of oxazole rings is 1. The van der Waals surface area contributed by atoms with Gasteiger partial charge in [-0.2, -0.15) is 0 Å². The number of furan rings is 1. The van der Waals surface area contributed by atoms with Gasteiger partial charge in [-0.05, 0) is 31.2 Å². The first-order valence-electron chi connectivity index (χ1n) is 7.86. The minimum Gasteiger partial charge on any atom is -0.465 e. The number of carbonyl (C=O) groups is 1. The average molecular weight is 410 g/mol. The second-order valence-corrected chi connectivity index (χ2v) is 8.94. The van der Waals surface area contributed by atoms with Crippen molar-refractivity contribution in [1.29, 1.82) is 0 Å². The monoisotopic (exact) mass is 410 g/mol. The van der Waals surface area contributed by atoms with Crippen LogP contribution < -0.4 is 0 Å². The largest absolute Gasteiger partial charge is 0.465 e. The number of esters is 1. The molecule has 1 aromatic carbocycles. The normalized spacial score (nSPS) is 12.0. The Morgan fingerprint density at radius 1 is 1.26 bits per heavy atom. The number of fused-ring (bicyclic) bond motifs is 1. The Hall–Kier alpha value is -2.30. The minimum atomic E-state index is -3.54. The molecule has 144 valence electrons. The fourth-order valence-electron chi connectivity index (χ4n) is 2.38. The summed E-state index contributed by atoms with van der Waals surface area (Å²) in [5, 5.41) is 0.373. The summed E-state index contributed by atoms with van der Waals surface area (Å²) < 4.78 is 41.5. The van der Waals surface area contributed by atoms with E-state index in [9.17, 15) is 13.2 Å². The van der Waals surface area contributed by atoms with Crippen LogP contribution in [0.1, 0.15) is 21.9 Å². The molecule has 27 heavy (non-hydrogen) atoms. The van der Waals surface area contributed by atoms with Crippen LogP contribution in [-0.2, 0) is 20.5 Å². The Morgan fingerprint density at radius 2 is 2.00 bits per heavy atom. The van der Waals surface area contributed by atoms with Gasteiger partial charge in [-0.3, -0.25) is 0 Å². The number of hydrogen-bond acceptors (Lipinski definition) is 8. The van der Waals surface area contributed by atoms with Crippen LogP contribution >= 0.6 is 11.8 Å². The number of rotatable bonds is 6. The topological polar surface area (TPSA) is 103 Å². The first kappa shape index (κ1) is 19.5. The van der Waals surface area contributed by atoms with Crippen molar-refractivity contribution in [3.05, 3.63) is 41.3 Å². The van der Waals surface area contributed by atoms with E-state index >= 15 is 0 Å². The summed E-state index contributed by atoms with van der Waals surface area (Å²) >= 11 is 1.28. The molecule has 0 saturated heterocycles. The second kappa shape index (κ2) is 7.37. The number of sulfonamides is 1. The molecule has 10 heteroatoms. The maximum atomic E-state index is 12.2. The molecule has 0 N–H and O–H groups in total. The van der Waals surface area contributed by atoms with Gasteiger partial charge in [0, 0.05) is 14.1 Å². The van der Waals surface area contributed by atoms with Crippen molar-refractivity contribution in [3.8, 4) is 0 Å². The summed E-state index contributed by atoms with van der Waals surface area (Å²) in [4.78, 5) is 16.1. The average Bonchev–Trinajstić information content (AvgIpc) is 3.21. The van der Waals surface area contributed by atoms with Crippen LogP contribution in [0, 0.1) is 6.92 Å². The maximum absolute atomic E-state index is 12.2. The molecule has 2 aromatic heterocycles. The van der Waals surface area contributed by atoms with Crippen molar-refractivity contribution < 1.29 is 26.8 Å². The van der Waals surface area contributed by atoms with Gasteiger partial charge in [-0.1, -0.05) is 11.8 Å². The van der Waals surface area contributed by atoms with Gasteiger partial charge in [0.15, 0.2) is 5.58 Å². The predicted octanol–water partition coefficient (Wildman–Crippen LogP) is 3.06. The Labute approximate surface area is 160 Å². The number of ether oxygens (including phenoxy) is 1. The first-order valence-corrected chi connectivity index (χ1v) is 10.3. The number of nitrogens with zero attached hydrogens (tertiary/aromatic N) is 2. The summed E-state index contributed by atoms with van der Waals surface area (Å²) in [6.45, 7) is 1.69. The standard InChI is InChI=1S/C17H18N2O6S2/c1-10-13(16(20)23-4)7-11(24-10)9-26-17-18-14-8-12(5-6-15(14)25-17)27(21,22)19(2)3/h5-8H,9H2,1-4H3. The molecule has 0 unspecified atom stereocenters. The van der Waals surface area contributed by atoms with Crippen LogP contribution in [0.3, 0.4) is 0 Å². The smallest absolute Gasteiger partial charge is 0.341 e. The molecule has 3 aromatic rings. The molecule has 2 heterocycles. The number of aryl methyl sites for hydroxylation is 1. The maximum Gasteiger partial charge on any atom is 0.341 e. The van der Waals surface area contributed by atoms with Gasteiger partial charge in [0.25, 0.3) is 5.22 Å². The van der Waals surface area contributed by atoms with E-state index in [2.05, 4.69) is 4.98 Å². The summed E-state index contributed by atoms with van der Waals surface area (Å²) in [6.07, 6.45) is 0. The summed E-state index contributed by atoms with van der Waals surface area (Å²) in [6, 6.07) is 6.16. The van der Waals surface area contributed by atoms with Crippen LogP contribution in [0.2, 0.25) is 0 Å². The van der Waals surface area contributed by atoms with E-state index in [4.69, 9.17) is 13.6 Å². The van der Waals surface area contributed by atoms with Gasteiger partial charge in [0.1, 0.15) is 22.6 Å². The lowest BCUT2D eigenvalue weighted by Crippen LogP contribution is -2.22. The van der Waals surface area contributed by atoms with Crippen LogP contribution in [-0.4, -0.2) is 44.9 Å². The van der Waals surface area contributed by atoms with E-state index in [1.807, 2.05) is 0 Å². The van der Waals surface area contributed by atoms with E-state index in [0.717, 1.165) is 4.31 Å². The number of methoxy groups -OCH3 is 1. The third-order valence-electron chi connectivity index (χ3n) is 3.83. The van der Waals surface area contributed by atoms with Crippen molar-refractivity contribution >= 4 is 38.9 Å². The number of aromatic nitrogens is 1. The van der Waals surface area contributed by atoms with E-state index in [-0.39, 0.29) is 4.90 Å². The third kappa shape index (κ3) is 3.87. The van der Waals surface area contributed by atoms with Crippen LogP contribution in [0.5, 0.6) is 0 Å². The van der Waals surface area contributed by atoms with Crippen LogP contribution in [0.25, 0.3) is 11.1 Å². The fourth-order valence-corrected chi connectivity index (χ4v) is 4.02. The molecule has 0 radical (unpaired) electrons. The Kier molecular flexibility index (Phi) is 5.31. The first-order chi connectivity index (χ1) is 12.7. The highest BCUT2D eigenvalue weighted by molar-refractivity contribution is 7.98. The number of benzene rings is 1. The fraction of sp³-hybridized carbons (Fsp3) is 0.294. The SMILES string of the molecule is COC(=O)c1cc(CSc2nc3cc(S(=O)(=O)N(C)C)ccc3o2)oc1C. The molecule has 0 spiro atoms. The molecular weight excluding hydrogens is 392 g/mol. The molecule has 3 rings (SSSR count). The van der Waals surface area contributed by atoms with E-state index < -0.39 is 16.0 Å².